The first-order valence-electron chi connectivity index (χ1n) is 15.1. The second-order valence-corrected chi connectivity index (χ2v) is 13.6. The summed E-state index contributed by atoms with van der Waals surface area (Å²) < 4.78 is 6.47. The van der Waals surface area contributed by atoms with Gasteiger partial charge in [0.25, 0.3) is 0 Å². The van der Waals surface area contributed by atoms with Gasteiger partial charge in [-0.25, -0.2) is 4.98 Å². The van der Waals surface area contributed by atoms with Crippen molar-refractivity contribution in [2.24, 2.45) is 0 Å². The zero-order chi connectivity index (χ0) is 29.5. The number of hydrogen-bond acceptors (Lipinski definition) is 3. The lowest BCUT2D eigenvalue weighted by Gasteiger charge is -2.14. The summed E-state index contributed by atoms with van der Waals surface area (Å²) in [5, 5.41) is 7.82. The SMILES string of the molecule is c1ccc(-c2cc(-c3ccccc3)cc(-n3c4ccccc4c4c5sc6ccccc6c5c5c6cccnc6sc5c43)c2)cc1. The molecule has 0 unspecified atom stereocenters. The lowest BCUT2D eigenvalue weighted by molar-refractivity contribution is 1.19. The number of benzene rings is 6. The van der Waals surface area contributed by atoms with Crippen LogP contribution in [0.3, 0.4) is 0 Å². The molecule has 0 spiro atoms. The minimum atomic E-state index is 1.08. The van der Waals surface area contributed by atoms with Gasteiger partial charge < -0.3 is 4.57 Å². The molecule has 4 heteroatoms. The molecule has 0 aliphatic rings. The molecular formula is C41H24N2S2. The van der Waals surface area contributed by atoms with E-state index in [-0.39, 0.29) is 0 Å². The van der Waals surface area contributed by atoms with Gasteiger partial charge >= 0.3 is 0 Å². The summed E-state index contributed by atoms with van der Waals surface area (Å²) in [4.78, 5) is 5.95. The molecule has 4 aromatic heterocycles. The van der Waals surface area contributed by atoms with E-state index < -0.39 is 0 Å². The molecule has 0 saturated carbocycles. The van der Waals surface area contributed by atoms with E-state index in [0.29, 0.717) is 0 Å². The quantitative estimate of drug-likeness (QED) is 0.195. The Hall–Kier alpha value is -5.29. The first-order valence-corrected chi connectivity index (χ1v) is 16.8. The molecule has 0 aliphatic heterocycles. The van der Waals surface area contributed by atoms with Gasteiger partial charge in [0, 0.05) is 53.6 Å². The van der Waals surface area contributed by atoms with Crippen LogP contribution >= 0.6 is 22.7 Å². The van der Waals surface area contributed by atoms with Crippen molar-refractivity contribution < 1.29 is 0 Å². The maximum atomic E-state index is 4.87. The summed E-state index contributed by atoms with van der Waals surface area (Å²) in [7, 11) is 0. The predicted octanol–water partition coefficient (Wildman–Crippen LogP) is 12.2. The van der Waals surface area contributed by atoms with E-state index >= 15 is 0 Å². The van der Waals surface area contributed by atoms with Crippen LogP contribution in [0, 0.1) is 0 Å². The third-order valence-corrected chi connectivity index (χ3v) is 11.3. The lowest BCUT2D eigenvalue weighted by atomic mass is 9.98. The normalized spacial score (nSPS) is 12.0. The van der Waals surface area contributed by atoms with E-state index in [4.69, 9.17) is 4.98 Å². The van der Waals surface area contributed by atoms with Crippen molar-refractivity contribution in [3.8, 4) is 27.9 Å². The van der Waals surface area contributed by atoms with Crippen molar-refractivity contribution in [2.45, 2.75) is 0 Å². The average Bonchev–Trinajstić information content (AvgIpc) is 3.78. The Bertz CT molecular complexity index is 2690. The maximum absolute atomic E-state index is 4.87. The Morgan fingerprint density at radius 2 is 1.09 bits per heavy atom. The molecule has 10 rings (SSSR count). The van der Waals surface area contributed by atoms with E-state index in [1.807, 2.05) is 28.9 Å². The maximum Gasteiger partial charge on any atom is 0.124 e. The second-order valence-electron chi connectivity index (χ2n) is 11.5. The van der Waals surface area contributed by atoms with Gasteiger partial charge in [0.1, 0.15) is 4.83 Å². The summed E-state index contributed by atoms with van der Waals surface area (Å²) >= 11 is 3.73. The standard InChI is InChI=1S/C41H24N2S2/c1-3-12-25(13-4-1)27-22-28(26-14-5-2-6-15-26)24-29(23-27)43-33-19-9-7-16-30(33)37-38(43)40-36(32-18-11-21-42-41(32)45-40)35-31-17-8-10-20-34(31)44-39(35)37/h1-24H. The molecule has 0 radical (unpaired) electrons. The topological polar surface area (TPSA) is 17.8 Å². The molecule has 0 bridgehead atoms. The molecule has 0 amide bonds. The molecule has 6 aromatic carbocycles. The number of rotatable bonds is 3. The second kappa shape index (κ2) is 9.60. The first-order chi connectivity index (χ1) is 22.3. The fourth-order valence-electron chi connectivity index (χ4n) is 7.10. The summed E-state index contributed by atoms with van der Waals surface area (Å²) in [6.45, 7) is 0. The van der Waals surface area contributed by atoms with Gasteiger partial charge in [-0.2, -0.15) is 0 Å². The van der Waals surface area contributed by atoms with Gasteiger partial charge in [-0.1, -0.05) is 97.1 Å². The van der Waals surface area contributed by atoms with E-state index in [1.54, 1.807) is 0 Å². The van der Waals surface area contributed by atoms with Crippen LogP contribution in [-0.2, 0) is 0 Å². The molecule has 0 aliphatic carbocycles. The van der Waals surface area contributed by atoms with Gasteiger partial charge in [0.05, 0.1) is 15.7 Å². The smallest absolute Gasteiger partial charge is 0.124 e. The number of fused-ring (bicyclic) bond motifs is 12. The molecule has 0 atom stereocenters. The van der Waals surface area contributed by atoms with Gasteiger partial charge in [0.15, 0.2) is 0 Å². The predicted molar refractivity (Wildman–Crippen MR) is 195 cm³/mol. The fourth-order valence-corrected chi connectivity index (χ4v) is 9.57. The number of hydrogen-bond donors (Lipinski definition) is 0. The Kier molecular flexibility index (Phi) is 5.35. The first kappa shape index (κ1) is 25.1. The van der Waals surface area contributed by atoms with Crippen LogP contribution in [0.5, 0.6) is 0 Å². The van der Waals surface area contributed by atoms with E-state index in [0.717, 1.165) is 10.5 Å². The van der Waals surface area contributed by atoms with Crippen molar-refractivity contribution in [1.29, 1.82) is 0 Å². The highest BCUT2D eigenvalue weighted by Gasteiger charge is 2.24. The van der Waals surface area contributed by atoms with Crippen molar-refractivity contribution in [2.75, 3.05) is 0 Å². The Balaban J connectivity index is 1.44. The molecule has 45 heavy (non-hydrogen) atoms. The fraction of sp³-hybridized carbons (Fsp3) is 0. The van der Waals surface area contributed by atoms with Crippen LogP contribution in [-0.4, -0.2) is 9.55 Å². The summed E-state index contributed by atoms with van der Waals surface area (Å²) in [5.74, 6) is 0. The monoisotopic (exact) mass is 608 g/mol. The number of nitrogens with zero attached hydrogens (tertiary/aromatic N) is 2. The molecule has 0 N–H and O–H groups in total. The van der Waals surface area contributed by atoms with Crippen LogP contribution in [0.1, 0.15) is 0 Å². The Morgan fingerprint density at radius 1 is 0.467 bits per heavy atom. The summed E-state index contributed by atoms with van der Waals surface area (Å²) in [6, 6.07) is 50.6. The molecule has 0 fully saturated rings. The van der Waals surface area contributed by atoms with Crippen LogP contribution in [0.15, 0.2) is 146 Å². The third kappa shape index (κ3) is 3.64. The van der Waals surface area contributed by atoms with E-state index in [1.165, 1.54) is 79.7 Å². The minimum absolute atomic E-state index is 1.08. The van der Waals surface area contributed by atoms with Crippen LogP contribution in [0.25, 0.3) is 90.2 Å². The van der Waals surface area contributed by atoms with Crippen LogP contribution < -0.4 is 0 Å². The lowest BCUT2D eigenvalue weighted by Crippen LogP contribution is -1.96. The third-order valence-electron chi connectivity index (χ3n) is 9.02. The van der Waals surface area contributed by atoms with Crippen molar-refractivity contribution in [3.63, 3.8) is 0 Å². The summed E-state index contributed by atoms with van der Waals surface area (Å²) in [6.07, 6.45) is 1.92. The van der Waals surface area contributed by atoms with Gasteiger partial charge in [-0.3, -0.25) is 0 Å². The van der Waals surface area contributed by atoms with Gasteiger partial charge in [-0.05, 0) is 64.7 Å². The van der Waals surface area contributed by atoms with Crippen LogP contribution in [0.2, 0.25) is 0 Å². The van der Waals surface area contributed by atoms with E-state index in [9.17, 15) is 0 Å². The average molecular weight is 609 g/mol. The zero-order valence-electron chi connectivity index (χ0n) is 24.1. The van der Waals surface area contributed by atoms with Crippen molar-refractivity contribution in [1.82, 2.24) is 9.55 Å². The van der Waals surface area contributed by atoms with Crippen molar-refractivity contribution >= 4 is 85.0 Å². The number of aromatic nitrogens is 2. The Labute approximate surface area is 267 Å². The number of para-hydroxylation sites is 1. The molecule has 2 nitrogen and oxygen atoms in total. The summed E-state index contributed by atoms with van der Waals surface area (Å²) in [5.41, 5.74) is 8.46. The highest BCUT2D eigenvalue weighted by molar-refractivity contribution is 7.29. The van der Waals surface area contributed by atoms with Crippen LogP contribution in [0.4, 0.5) is 0 Å². The molecule has 10 aromatic rings. The highest BCUT2D eigenvalue weighted by atomic mass is 32.1. The number of thiophene rings is 2. The van der Waals surface area contributed by atoms with Gasteiger partial charge in [0.2, 0.25) is 0 Å². The Morgan fingerprint density at radius 3 is 1.84 bits per heavy atom. The molecular weight excluding hydrogens is 585 g/mol. The molecule has 0 saturated heterocycles. The highest BCUT2D eigenvalue weighted by Crippen LogP contribution is 2.52. The van der Waals surface area contributed by atoms with E-state index in [2.05, 4.69) is 144 Å². The number of pyridine rings is 1. The van der Waals surface area contributed by atoms with Gasteiger partial charge in [-0.15, -0.1) is 22.7 Å². The zero-order valence-corrected chi connectivity index (χ0v) is 25.7. The minimum Gasteiger partial charge on any atom is -0.308 e. The molecule has 210 valence electrons. The largest absolute Gasteiger partial charge is 0.308 e. The molecule has 4 heterocycles. The van der Waals surface area contributed by atoms with Crippen molar-refractivity contribution in [3.05, 3.63) is 146 Å².